The second-order valence-electron chi connectivity index (χ2n) is 7.06. The molecule has 2 fully saturated rings. The second-order valence-corrected chi connectivity index (χ2v) is 7.06. The van der Waals surface area contributed by atoms with E-state index in [-0.39, 0.29) is 22.7 Å². The first-order valence-electron chi connectivity index (χ1n) is 7.44. The van der Waals surface area contributed by atoms with Crippen LogP contribution in [0.1, 0.15) is 44.0 Å². The number of allylic oxidation sites excluding steroid dienone is 2. The molecule has 0 radical (unpaired) electrons. The molecule has 2 atom stereocenters. The quantitative estimate of drug-likeness (QED) is 0.609. The summed E-state index contributed by atoms with van der Waals surface area (Å²) in [6.07, 6.45) is 2.88. The van der Waals surface area contributed by atoms with Crippen molar-refractivity contribution in [2.45, 2.75) is 33.6 Å². The fourth-order valence-electron chi connectivity index (χ4n) is 4.00. The largest absolute Gasteiger partial charge is 0.294 e. The maximum atomic E-state index is 13.7. The second kappa shape index (κ2) is 4.58. The summed E-state index contributed by atoms with van der Waals surface area (Å²) in [5.74, 6) is -2.11. The minimum atomic E-state index is -0.774. The minimum absolute atomic E-state index is 0.00516. The molecule has 2 aliphatic carbocycles. The third kappa shape index (κ3) is 1.82. The number of ketones is 2. The van der Waals surface area contributed by atoms with Crippen molar-refractivity contribution in [2.75, 3.05) is 0 Å². The Morgan fingerprint density at radius 1 is 1.27 bits per heavy atom. The fraction of sp³-hybridized carbons (Fsp3) is 0.444. The van der Waals surface area contributed by atoms with Crippen LogP contribution in [-0.4, -0.2) is 11.6 Å². The number of hydrogen-bond acceptors (Lipinski definition) is 2. The summed E-state index contributed by atoms with van der Waals surface area (Å²) in [7, 11) is 0. The molecule has 1 aromatic rings. The first-order chi connectivity index (χ1) is 10.2. The van der Waals surface area contributed by atoms with E-state index >= 15 is 0 Å². The Labute approximate surface area is 128 Å². The number of Topliss-reactive ketones (excluding diaryl/α,β-unsaturated/α-hetero) is 1. The topological polar surface area (TPSA) is 34.1 Å². The highest BCUT2D eigenvalue weighted by molar-refractivity contribution is 6.13. The lowest BCUT2D eigenvalue weighted by molar-refractivity contribution is -0.125. The average molecular weight is 304 g/mol. The molecule has 0 heterocycles. The molecule has 2 bridgehead atoms. The van der Waals surface area contributed by atoms with Crippen molar-refractivity contribution in [3.63, 3.8) is 0 Å². The van der Waals surface area contributed by atoms with Gasteiger partial charge in [-0.05, 0) is 48.4 Å². The highest BCUT2D eigenvalue weighted by Gasteiger charge is 2.64. The van der Waals surface area contributed by atoms with E-state index in [9.17, 15) is 18.4 Å². The predicted molar refractivity (Wildman–Crippen MR) is 78.4 cm³/mol. The van der Waals surface area contributed by atoms with Gasteiger partial charge in [-0.1, -0.05) is 20.8 Å². The Hall–Kier alpha value is -1.84. The number of hydrogen-bond donors (Lipinski definition) is 0. The van der Waals surface area contributed by atoms with E-state index in [0.29, 0.717) is 5.57 Å². The SMILES string of the molecule is CC1(C)[C@H]2CC[C@]1(C)C(=O)C2=CC(=O)c1cc(F)ccc1F. The lowest BCUT2D eigenvalue weighted by Crippen LogP contribution is -2.32. The van der Waals surface area contributed by atoms with Crippen LogP contribution < -0.4 is 0 Å². The van der Waals surface area contributed by atoms with Crippen LogP contribution in [0.3, 0.4) is 0 Å². The van der Waals surface area contributed by atoms with Crippen molar-refractivity contribution >= 4 is 11.6 Å². The lowest BCUT2D eigenvalue weighted by atomic mass is 9.70. The molecule has 2 nitrogen and oxygen atoms in total. The molecule has 1 aromatic carbocycles. The summed E-state index contributed by atoms with van der Waals surface area (Å²) in [5.41, 5.74) is -0.542. The van der Waals surface area contributed by atoms with Crippen molar-refractivity contribution in [2.24, 2.45) is 16.7 Å². The number of fused-ring (bicyclic) bond motifs is 2. The summed E-state index contributed by atoms with van der Waals surface area (Å²) < 4.78 is 26.9. The van der Waals surface area contributed by atoms with E-state index in [1.165, 1.54) is 6.08 Å². The zero-order chi connectivity index (χ0) is 16.3. The van der Waals surface area contributed by atoms with Gasteiger partial charge in [0.25, 0.3) is 0 Å². The van der Waals surface area contributed by atoms with Gasteiger partial charge in [0.2, 0.25) is 0 Å². The van der Waals surface area contributed by atoms with Crippen LogP contribution in [0.15, 0.2) is 29.8 Å². The highest BCUT2D eigenvalue weighted by Crippen LogP contribution is 2.65. The summed E-state index contributed by atoms with van der Waals surface area (Å²) >= 11 is 0. The van der Waals surface area contributed by atoms with Gasteiger partial charge < -0.3 is 0 Å². The van der Waals surface area contributed by atoms with Crippen molar-refractivity contribution in [3.05, 3.63) is 47.0 Å². The Bertz CT molecular complexity index is 718. The lowest BCUT2D eigenvalue weighted by Gasteiger charge is -2.31. The van der Waals surface area contributed by atoms with E-state index < -0.39 is 22.8 Å². The van der Waals surface area contributed by atoms with E-state index in [1.807, 2.05) is 20.8 Å². The molecule has 3 rings (SSSR count). The maximum absolute atomic E-state index is 13.7. The van der Waals surface area contributed by atoms with Crippen LogP contribution in [0.2, 0.25) is 0 Å². The van der Waals surface area contributed by atoms with Gasteiger partial charge in [0.15, 0.2) is 11.6 Å². The zero-order valence-electron chi connectivity index (χ0n) is 12.9. The Kier molecular flexibility index (Phi) is 3.13. The molecule has 2 aliphatic rings. The van der Waals surface area contributed by atoms with Crippen LogP contribution >= 0.6 is 0 Å². The first-order valence-corrected chi connectivity index (χ1v) is 7.44. The Morgan fingerprint density at radius 3 is 2.55 bits per heavy atom. The van der Waals surface area contributed by atoms with Gasteiger partial charge in [-0.3, -0.25) is 9.59 Å². The number of benzene rings is 1. The predicted octanol–water partition coefficient (Wildman–Crippen LogP) is 4.10. The first kappa shape index (κ1) is 15.1. The average Bonchev–Trinajstić information content (AvgIpc) is 2.75. The minimum Gasteiger partial charge on any atom is -0.294 e. The molecule has 116 valence electrons. The smallest absolute Gasteiger partial charge is 0.189 e. The van der Waals surface area contributed by atoms with E-state index in [2.05, 4.69) is 0 Å². The molecule has 0 saturated heterocycles. The molecular formula is C18H18F2O2. The molecule has 0 spiro atoms. The van der Waals surface area contributed by atoms with Gasteiger partial charge in [-0.2, -0.15) is 0 Å². The number of rotatable bonds is 2. The van der Waals surface area contributed by atoms with Crippen molar-refractivity contribution < 1.29 is 18.4 Å². The fourth-order valence-corrected chi connectivity index (χ4v) is 4.00. The standard InChI is InChI=1S/C18H18F2O2/c1-17(2)13-6-7-18(17,3)16(22)11(13)9-15(21)12-8-10(19)4-5-14(12)20/h4-5,8-9,13H,6-7H2,1-3H3/t13-,18+/m0/s1. The van der Waals surface area contributed by atoms with Gasteiger partial charge in [0.05, 0.1) is 5.56 Å². The third-order valence-corrected chi connectivity index (χ3v) is 5.85. The van der Waals surface area contributed by atoms with E-state index in [0.717, 1.165) is 31.0 Å². The van der Waals surface area contributed by atoms with Gasteiger partial charge in [-0.25, -0.2) is 8.78 Å². The van der Waals surface area contributed by atoms with Crippen LogP contribution in [-0.2, 0) is 4.79 Å². The van der Waals surface area contributed by atoms with Crippen LogP contribution in [0, 0.1) is 28.4 Å². The van der Waals surface area contributed by atoms with E-state index in [1.54, 1.807) is 0 Å². The summed E-state index contributed by atoms with van der Waals surface area (Å²) in [6.45, 7) is 6.01. The molecule has 22 heavy (non-hydrogen) atoms. The molecule has 0 amide bonds. The monoisotopic (exact) mass is 304 g/mol. The summed E-state index contributed by atoms with van der Waals surface area (Å²) in [6, 6.07) is 2.76. The number of carbonyl (C=O) groups excluding carboxylic acids is 2. The summed E-state index contributed by atoms with van der Waals surface area (Å²) in [5, 5.41) is 0. The Morgan fingerprint density at radius 2 is 1.95 bits per heavy atom. The van der Waals surface area contributed by atoms with Crippen molar-refractivity contribution in [1.82, 2.24) is 0 Å². The highest BCUT2D eigenvalue weighted by atomic mass is 19.1. The van der Waals surface area contributed by atoms with Crippen molar-refractivity contribution in [1.29, 1.82) is 0 Å². The Balaban J connectivity index is 2.02. The van der Waals surface area contributed by atoms with Crippen LogP contribution in [0.5, 0.6) is 0 Å². The molecule has 0 N–H and O–H groups in total. The van der Waals surface area contributed by atoms with Gasteiger partial charge in [-0.15, -0.1) is 0 Å². The van der Waals surface area contributed by atoms with Crippen molar-refractivity contribution in [3.8, 4) is 0 Å². The van der Waals surface area contributed by atoms with Crippen LogP contribution in [0.25, 0.3) is 0 Å². The molecule has 4 heteroatoms. The summed E-state index contributed by atoms with van der Waals surface area (Å²) in [4.78, 5) is 24.9. The number of halogens is 2. The number of carbonyl (C=O) groups is 2. The van der Waals surface area contributed by atoms with E-state index in [4.69, 9.17) is 0 Å². The maximum Gasteiger partial charge on any atom is 0.189 e. The zero-order valence-corrected chi connectivity index (χ0v) is 12.9. The molecule has 2 saturated carbocycles. The van der Waals surface area contributed by atoms with Gasteiger partial charge in [0, 0.05) is 11.0 Å². The molecular weight excluding hydrogens is 286 g/mol. The molecule has 0 unspecified atom stereocenters. The van der Waals surface area contributed by atoms with Gasteiger partial charge >= 0.3 is 0 Å². The molecule has 0 aliphatic heterocycles. The molecule has 0 aromatic heterocycles. The van der Waals surface area contributed by atoms with Crippen LogP contribution in [0.4, 0.5) is 8.78 Å². The normalized spacial score (nSPS) is 31.0. The third-order valence-electron chi connectivity index (χ3n) is 5.85. The van der Waals surface area contributed by atoms with Gasteiger partial charge in [0.1, 0.15) is 11.6 Å².